The lowest BCUT2D eigenvalue weighted by Crippen LogP contribution is -2.15. The average molecular weight is 413 g/mol. The Morgan fingerprint density at radius 2 is 1.87 bits per heavy atom. The van der Waals surface area contributed by atoms with Crippen molar-refractivity contribution in [2.24, 2.45) is 9.98 Å². The monoisotopic (exact) mass is 412 g/mol. The summed E-state index contributed by atoms with van der Waals surface area (Å²) in [4.78, 5) is 9.19. The van der Waals surface area contributed by atoms with Gasteiger partial charge >= 0.3 is 0 Å². The van der Waals surface area contributed by atoms with E-state index in [2.05, 4.69) is 74.0 Å². The Bertz CT molecular complexity index is 992. The number of aryl methyl sites for hydroxylation is 1. The highest BCUT2D eigenvalue weighted by Crippen LogP contribution is 2.31. The molecule has 1 aliphatic carbocycles. The molecule has 1 aromatic carbocycles. The largest absolute Gasteiger partial charge is 0.270 e. The van der Waals surface area contributed by atoms with E-state index in [4.69, 9.17) is 4.99 Å². The van der Waals surface area contributed by atoms with E-state index in [1.165, 1.54) is 51.8 Å². The Morgan fingerprint density at radius 1 is 1.13 bits per heavy atom. The summed E-state index contributed by atoms with van der Waals surface area (Å²) in [6, 6.07) is 9.16. The third-order valence-electron chi connectivity index (χ3n) is 6.04. The Hall–Kier alpha value is -2.74. The third-order valence-corrected chi connectivity index (χ3v) is 6.04. The van der Waals surface area contributed by atoms with Gasteiger partial charge in [0.15, 0.2) is 5.84 Å². The van der Waals surface area contributed by atoms with E-state index in [-0.39, 0.29) is 0 Å². The van der Waals surface area contributed by atoms with Crippen molar-refractivity contribution in [1.29, 1.82) is 0 Å². The summed E-state index contributed by atoms with van der Waals surface area (Å²) in [7, 11) is 1.83. The van der Waals surface area contributed by atoms with Crippen molar-refractivity contribution in [3.8, 4) is 0 Å². The predicted molar refractivity (Wildman–Crippen MR) is 136 cm³/mol. The van der Waals surface area contributed by atoms with Crippen molar-refractivity contribution < 1.29 is 0 Å². The Kier molecular flexibility index (Phi) is 8.17. The number of benzene rings is 1. The van der Waals surface area contributed by atoms with E-state index < -0.39 is 0 Å². The summed E-state index contributed by atoms with van der Waals surface area (Å²) in [5.74, 6) is 0.843. The molecule has 0 fully saturated rings. The molecule has 0 radical (unpaired) electrons. The molecule has 0 spiro atoms. The van der Waals surface area contributed by atoms with E-state index in [1.54, 1.807) is 0 Å². The van der Waals surface area contributed by atoms with Gasteiger partial charge in [-0.25, -0.2) is 4.99 Å². The summed E-state index contributed by atoms with van der Waals surface area (Å²) in [5, 5.41) is 0. The van der Waals surface area contributed by atoms with Gasteiger partial charge in [0.1, 0.15) is 0 Å². The molecule has 2 nitrogen and oxygen atoms in total. The van der Waals surface area contributed by atoms with E-state index in [9.17, 15) is 0 Å². The van der Waals surface area contributed by atoms with E-state index in [1.807, 2.05) is 14.0 Å². The molecule has 1 aliphatic heterocycles. The van der Waals surface area contributed by atoms with Crippen molar-refractivity contribution in [1.82, 2.24) is 0 Å². The van der Waals surface area contributed by atoms with Gasteiger partial charge in [0, 0.05) is 18.3 Å². The fraction of sp³-hybridized carbons (Fsp3) is 0.379. The molecule has 0 saturated heterocycles. The molecule has 1 aromatic rings. The predicted octanol–water partition coefficient (Wildman–Crippen LogP) is 7.54. The van der Waals surface area contributed by atoms with Gasteiger partial charge in [0.2, 0.25) is 0 Å². The van der Waals surface area contributed by atoms with Crippen molar-refractivity contribution >= 4 is 11.5 Å². The van der Waals surface area contributed by atoms with Crippen LogP contribution in [0.25, 0.3) is 0 Å². The van der Waals surface area contributed by atoms with E-state index in [0.717, 1.165) is 43.7 Å². The van der Waals surface area contributed by atoms with Crippen LogP contribution >= 0.6 is 0 Å². The number of rotatable bonds is 8. The minimum atomic E-state index is 0.843. The Balaban J connectivity index is 1.73. The first-order valence-electron chi connectivity index (χ1n) is 11.6. The highest BCUT2D eigenvalue weighted by Gasteiger charge is 2.21. The van der Waals surface area contributed by atoms with Crippen molar-refractivity contribution in [2.45, 2.75) is 65.7 Å². The molecule has 0 amide bonds. The number of hydrogen-bond donors (Lipinski definition) is 0. The SMILES string of the molecule is C=C(CCC)C1=CC(C)=NC(=NC)/C1=C(/C)CCc1ccc(CC2=CC=CCC2)cc1. The molecule has 162 valence electrons. The number of hydrogen-bond acceptors (Lipinski definition) is 1. The zero-order valence-corrected chi connectivity index (χ0v) is 19.7. The third kappa shape index (κ3) is 6.13. The quantitative estimate of drug-likeness (QED) is 0.421. The van der Waals surface area contributed by atoms with Crippen LogP contribution in [0.5, 0.6) is 0 Å². The van der Waals surface area contributed by atoms with Crippen LogP contribution in [0.15, 0.2) is 93.0 Å². The number of dihydropyridines is 1. The minimum absolute atomic E-state index is 0.843. The maximum atomic E-state index is 4.70. The zero-order valence-electron chi connectivity index (χ0n) is 19.7. The average Bonchev–Trinajstić information content (AvgIpc) is 2.78. The zero-order chi connectivity index (χ0) is 22.2. The van der Waals surface area contributed by atoms with E-state index in [0.29, 0.717) is 0 Å². The van der Waals surface area contributed by atoms with Crippen LogP contribution in [-0.2, 0) is 12.8 Å². The summed E-state index contributed by atoms with van der Waals surface area (Å²) in [5.41, 5.74) is 10.2. The second kappa shape index (κ2) is 11.0. The summed E-state index contributed by atoms with van der Waals surface area (Å²) in [6.45, 7) is 10.8. The van der Waals surface area contributed by atoms with Crippen LogP contribution in [-0.4, -0.2) is 18.6 Å². The molecule has 0 saturated carbocycles. The van der Waals surface area contributed by atoms with E-state index >= 15 is 0 Å². The molecule has 3 rings (SSSR count). The van der Waals surface area contributed by atoms with Gasteiger partial charge in [-0.15, -0.1) is 0 Å². The van der Waals surface area contributed by atoms with Gasteiger partial charge < -0.3 is 0 Å². The molecule has 0 bridgehead atoms. The Morgan fingerprint density at radius 3 is 2.52 bits per heavy atom. The van der Waals surface area contributed by atoms with Crippen LogP contribution in [0, 0.1) is 0 Å². The van der Waals surface area contributed by atoms with Crippen molar-refractivity contribution in [3.05, 3.63) is 94.1 Å². The topological polar surface area (TPSA) is 24.7 Å². The lowest BCUT2D eigenvalue weighted by Gasteiger charge is -2.21. The normalized spacial score (nSPS) is 19.1. The first-order valence-corrected chi connectivity index (χ1v) is 11.6. The maximum Gasteiger partial charge on any atom is 0.155 e. The molecule has 31 heavy (non-hydrogen) atoms. The highest BCUT2D eigenvalue weighted by atomic mass is 14.9. The molecule has 0 atom stereocenters. The fourth-order valence-corrected chi connectivity index (χ4v) is 4.30. The van der Waals surface area contributed by atoms with Crippen LogP contribution in [0.2, 0.25) is 0 Å². The van der Waals surface area contributed by atoms with Crippen LogP contribution < -0.4 is 0 Å². The lowest BCUT2D eigenvalue weighted by atomic mass is 9.87. The lowest BCUT2D eigenvalue weighted by molar-refractivity contribution is 0.902. The van der Waals surface area contributed by atoms with Gasteiger partial charge in [-0.1, -0.05) is 73.6 Å². The molecular formula is C29H36N2. The smallest absolute Gasteiger partial charge is 0.155 e. The fourth-order valence-electron chi connectivity index (χ4n) is 4.30. The first kappa shape index (κ1) is 22.9. The molecular weight excluding hydrogens is 376 g/mol. The first-order chi connectivity index (χ1) is 15.0. The molecule has 2 aliphatic rings. The molecule has 0 N–H and O–H groups in total. The van der Waals surface area contributed by atoms with Gasteiger partial charge in [-0.2, -0.15) is 0 Å². The van der Waals surface area contributed by atoms with Gasteiger partial charge in [-0.3, -0.25) is 4.99 Å². The maximum absolute atomic E-state index is 4.70. The molecule has 0 aromatic heterocycles. The number of amidine groups is 1. The standard InChI is InChI=1S/C29H36N2/c1-6-10-21(2)27-19-23(4)31-29(30-5)28(27)22(3)13-14-24-15-17-26(18-16-24)20-25-11-8-7-9-12-25/h7-8,11,15-19H,2,6,9-10,12-14,20H2,1,3-5H3/b28-22-,30-29?. The second-order valence-electron chi connectivity index (χ2n) is 8.65. The van der Waals surface area contributed by atoms with Gasteiger partial charge in [0.25, 0.3) is 0 Å². The molecule has 0 unspecified atom stereocenters. The van der Waals surface area contributed by atoms with Crippen LogP contribution in [0.3, 0.4) is 0 Å². The summed E-state index contributed by atoms with van der Waals surface area (Å²) < 4.78 is 0. The highest BCUT2D eigenvalue weighted by molar-refractivity contribution is 6.16. The number of allylic oxidation sites excluding steroid dienone is 7. The minimum Gasteiger partial charge on any atom is -0.270 e. The molecule has 1 heterocycles. The van der Waals surface area contributed by atoms with Gasteiger partial charge in [-0.05, 0) is 80.7 Å². The number of nitrogens with zero attached hydrogens (tertiary/aromatic N) is 2. The summed E-state index contributed by atoms with van der Waals surface area (Å²) >= 11 is 0. The van der Waals surface area contributed by atoms with Gasteiger partial charge in [0.05, 0.1) is 0 Å². The Labute approximate surface area is 188 Å². The summed E-state index contributed by atoms with van der Waals surface area (Å²) in [6.07, 6.45) is 16.4. The second-order valence-corrected chi connectivity index (χ2v) is 8.65. The van der Waals surface area contributed by atoms with Crippen molar-refractivity contribution in [3.63, 3.8) is 0 Å². The molecule has 2 heteroatoms. The van der Waals surface area contributed by atoms with Crippen molar-refractivity contribution in [2.75, 3.05) is 7.05 Å². The van der Waals surface area contributed by atoms with Crippen LogP contribution in [0.4, 0.5) is 0 Å². The van der Waals surface area contributed by atoms with Crippen LogP contribution in [0.1, 0.15) is 64.0 Å². The number of aliphatic imine (C=N–C) groups is 2.